The summed E-state index contributed by atoms with van der Waals surface area (Å²) in [5.74, 6) is 0.404. The molecular weight excluding hydrogens is 356 g/mol. The van der Waals surface area contributed by atoms with E-state index in [1.54, 1.807) is 30.2 Å². The number of nitrogens with one attached hydrogen (secondary N) is 1. The predicted molar refractivity (Wildman–Crippen MR) is 107 cm³/mol. The quantitative estimate of drug-likeness (QED) is 0.819. The SMILES string of the molecule is COc1ccc(CCNC(=O)c2cccc(C(=O)N3CCN(C)CC3)n2)cc1. The van der Waals surface area contributed by atoms with Crippen molar-refractivity contribution < 1.29 is 14.3 Å². The number of likely N-dealkylation sites (N-methyl/N-ethyl adjacent to an activating group) is 1. The van der Waals surface area contributed by atoms with Crippen LogP contribution >= 0.6 is 0 Å². The molecule has 0 aliphatic carbocycles. The van der Waals surface area contributed by atoms with E-state index in [4.69, 9.17) is 4.74 Å². The molecule has 1 aliphatic heterocycles. The van der Waals surface area contributed by atoms with Crippen molar-refractivity contribution in [2.24, 2.45) is 0 Å². The first-order valence-corrected chi connectivity index (χ1v) is 9.43. The highest BCUT2D eigenvalue weighted by atomic mass is 16.5. The van der Waals surface area contributed by atoms with Crippen molar-refractivity contribution in [3.05, 3.63) is 59.4 Å². The summed E-state index contributed by atoms with van der Waals surface area (Å²) in [5, 5.41) is 2.86. The van der Waals surface area contributed by atoms with Crippen molar-refractivity contribution in [2.75, 3.05) is 46.9 Å². The van der Waals surface area contributed by atoms with Gasteiger partial charge in [0.15, 0.2) is 0 Å². The average molecular weight is 382 g/mol. The molecule has 1 aromatic heterocycles. The van der Waals surface area contributed by atoms with E-state index < -0.39 is 0 Å². The van der Waals surface area contributed by atoms with Crippen LogP contribution in [-0.4, -0.2) is 73.5 Å². The van der Waals surface area contributed by atoms with E-state index in [2.05, 4.69) is 15.2 Å². The standard InChI is InChI=1S/C21H26N4O3/c1-24-12-14-25(15-13-24)21(27)19-5-3-4-18(23-19)20(26)22-11-10-16-6-8-17(28-2)9-7-16/h3-9H,10-15H2,1-2H3,(H,22,26). The lowest BCUT2D eigenvalue weighted by Gasteiger charge is -2.32. The Hall–Kier alpha value is -2.93. The number of hydrogen-bond acceptors (Lipinski definition) is 5. The summed E-state index contributed by atoms with van der Waals surface area (Å²) in [5.41, 5.74) is 1.68. The molecule has 2 amide bonds. The van der Waals surface area contributed by atoms with Crippen LogP contribution in [0.1, 0.15) is 26.5 Å². The first kappa shape index (κ1) is 19.8. The summed E-state index contributed by atoms with van der Waals surface area (Å²) in [7, 11) is 3.67. The third-order valence-electron chi connectivity index (χ3n) is 4.85. The van der Waals surface area contributed by atoms with Crippen molar-refractivity contribution in [1.82, 2.24) is 20.1 Å². The van der Waals surface area contributed by atoms with Gasteiger partial charge in [-0.3, -0.25) is 9.59 Å². The van der Waals surface area contributed by atoms with Gasteiger partial charge in [0.05, 0.1) is 7.11 Å². The Morgan fingerprint density at radius 3 is 2.39 bits per heavy atom. The summed E-state index contributed by atoms with van der Waals surface area (Å²) < 4.78 is 5.14. The second-order valence-electron chi connectivity index (χ2n) is 6.86. The van der Waals surface area contributed by atoms with E-state index >= 15 is 0 Å². The minimum atomic E-state index is -0.276. The summed E-state index contributed by atoms with van der Waals surface area (Å²) in [6, 6.07) is 12.7. The first-order chi connectivity index (χ1) is 13.6. The number of hydrogen-bond donors (Lipinski definition) is 1. The minimum Gasteiger partial charge on any atom is -0.497 e. The van der Waals surface area contributed by atoms with Gasteiger partial charge in [0, 0.05) is 32.7 Å². The molecule has 0 radical (unpaired) electrons. The van der Waals surface area contributed by atoms with Crippen molar-refractivity contribution in [3.8, 4) is 5.75 Å². The number of carbonyl (C=O) groups is 2. The highest BCUT2D eigenvalue weighted by Gasteiger charge is 2.22. The fraction of sp³-hybridized carbons (Fsp3) is 0.381. The molecule has 0 atom stereocenters. The van der Waals surface area contributed by atoms with Crippen molar-refractivity contribution >= 4 is 11.8 Å². The Morgan fingerprint density at radius 1 is 1.04 bits per heavy atom. The largest absolute Gasteiger partial charge is 0.497 e. The van der Waals surface area contributed by atoms with Crippen molar-refractivity contribution in [1.29, 1.82) is 0 Å². The molecular formula is C21H26N4O3. The Labute approximate surface area is 165 Å². The summed E-state index contributed by atoms with van der Waals surface area (Å²) >= 11 is 0. The number of ether oxygens (including phenoxy) is 1. The number of rotatable bonds is 6. The number of piperazine rings is 1. The van der Waals surface area contributed by atoms with Crippen molar-refractivity contribution in [3.63, 3.8) is 0 Å². The van der Waals surface area contributed by atoms with Gasteiger partial charge < -0.3 is 19.9 Å². The molecule has 2 aromatic rings. The molecule has 148 valence electrons. The summed E-state index contributed by atoms with van der Waals surface area (Å²) in [6.45, 7) is 3.53. The maximum atomic E-state index is 12.6. The fourth-order valence-corrected chi connectivity index (χ4v) is 3.05. The van der Waals surface area contributed by atoms with E-state index in [1.807, 2.05) is 31.3 Å². The lowest BCUT2D eigenvalue weighted by Crippen LogP contribution is -2.47. The van der Waals surface area contributed by atoms with Gasteiger partial charge in [-0.1, -0.05) is 18.2 Å². The minimum absolute atomic E-state index is 0.124. The fourth-order valence-electron chi connectivity index (χ4n) is 3.05. The normalized spacial score (nSPS) is 14.6. The van der Waals surface area contributed by atoms with Crippen LogP contribution in [0.25, 0.3) is 0 Å². The van der Waals surface area contributed by atoms with Gasteiger partial charge in [-0.25, -0.2) is 4.98 Å². The summed E-state index contributed by atoms with van der Waals surface area (Å²) in [4.78, 5) is 33.3. The topological polar surface area (TPSA) is 74.8 Å². The Balaban J connectivity index is 1.55. The lowest BCUT2D eigenvalue weighted by atomic mass is 10.1. The molecule has 0 saturated carbocycles. The number of carbonyl (C=O) groups excluding carboxylic acids is 2. The van der Waals surface area contributed by atoms with Crippen molar-refractivity contribution in [2.45, 2.75) is 6.42 Å². The second kappa shape index (κ2) is 9.32. The van der Waals surface area contributed by atoms with Crippen LogP contribution in [0.5, 0.6) is 5.75 Å². The second-order valence-corrected chi connectivity index (χ2v) is 6.86. The van der Waals surface area contributed by atoms with Gasteiger partial charge in [-0.2, -0.15) is 0 Å². The lowest BCUT2D eigenvalue weighted by molar-refractivity contribution is 0.0658. The third kappa shape index (κ3) is 5.07. The maximum absolute atomic E-state index is 12.6. The maximum Gasteiger partial charge on any atom is 0.272 e. The molecule has 1 aromatic carbocycles. The number of methoxy groups -OCH3 is 1. The van der Waals surface area contributed by atoms with Gasteiger partial charge in [-0.05, 0) is 43.3 Å². The molecule has 1 aliphatic rings. The monoisotopic (exact) mass is 382 g/mol. The van der Waals surface area contributed by atoms with Gasteiger partial charge in [0.2, 0.25) is 0 Å². The van der Waals surface area contributed by atoms with E-state index in [0.29, 0.717) is 31.7 Å². The highest BCUT2D eigenvalue weighted by molar-refractivity contribution is 5.96. The summed E-state index contributed by atoms with van der Waals surface area (Å²) in [6.07, 6.45) is 0.704. The third-order valence-corrected chi connectivity index (χ3v) is 4.85. The molecule has 7 heteroatoms. The molecule has 1 fully saturated rings. The van der Waals surface area contributed by atoms with Gasteiger partial charge in [-0.15, -0.1) is 0 Å². The smallest absolute Gasteiger partial charge is 0.272 e. The number of benzene rings is 1. The molecule has 3 rings (SSSR count). The van der Waals surface area contributed by atoms with E-state index in [9.17, 15) is 9.59 Å². The highest BCUT2D eigenvalue weighted by Crippen LogP contribution is 2.11. The predicted octanol–water partition coefficient (Wildman–Crippen LogP) is 1.45. The number of pyridine rings is 1. The van der Waals surface area contributed by atoms with E-state index in [0.717, 1.165) is 24.4 Å². The average Bonchev–Trinajstić information content (AvgIpc) is 2.74. The van der Waals surface area contributed by atoms with Crippen LogP contribution in [0, 0.1) is 0 Å². The van der Waals surface area contributed by atoms with Crippen LogP contribution in [0.15, 0.2) is 42.5 Å². The molecule has 0 spiro atoms. The Kier molecular flexibility index (Phi) is 6.60. The first-order valence-electron chi connectivity index (χ1n) is 9.43. The molecule has 28 heavy (non-hydrogen) atoms. The van der Waals surface area contributed by atoms with Crippen LogP contribution in [0.3, 0.4) is 0 Å². The van der Waals surface area contributed by atoms with Gasteiger partial charge >= 0.3 is 0 Å². The Bertz CT molecular complexity index is 815. The zero-order valence-electron chi connectivity index (χ0n) is 16.4. The van der Waals surface area contributed by atoms with Crippen LogP contribution in [0.4, 0.5) is 0 Å². The molecule has 1 N–H and O–H groups in total. The Morgan fingerprint density at radius 2 is 1.71 bits per heavy atom. The van der Waals surface area contributed by atoms with Gasteiger partial charge in [0.25, 0.3) is 11.8 Å². The number of amides is 2. The molecule has 1 saturated heterocycles. The molecule has 0 bridgehead atoms. The van der Waals surface area contributed by atoms with Gasteiger partial charge in [0.1, 0.15) is 17.1 Å². The van der Waals surface area contributed by atoms with Crippen LogP contribution in [0.2, 0.25) is 0 Å². The zero-order valence-corrected chi connectivity index (χ0v) is 16.4. The molecule has 0 unspecified atom stereocenters. The molecule has 7 nitrogen and oxygen atoms in total. The van der Waals surface area contributed by atoms with E-state index in [-0.39, 0.29) is 17.5 Å². The van der Waals surface area contributed by atoms with Crippen LogP contribution < -0.4 is 10.1 Å². The molecule has 2 heterocycles. The number of aromatic nitrogens is 1. The number of nitrogens with zero attached hydrogens (tertiary/aromatic N) is 3. The van der Waals surface area contributed by atoms with Crippen LogP contribution in [-0.2, 0) is 6.42 Å². The van der Waals surface area contributed by atoms with E-state index in [1.165, 1.54) is 0 Å². The zero-order chi connectivity index (χ0) is 19.9.